The molecule has 1 amide bonds. The highest BCUT2D eigenvalue weighted by Crippen LogP contribution is 2.11. The van der Waals surface area contributed by atoms with Crippen LogP contribution < -0.4 is 10.6 Å². The van der Waals surface area contributed by atoms with Crippen molar-refractivity contribution in [2.24, 2.45) is 0 Å². The van der Waals surface area contributed by atoms with E-state index in [0.717, 1.165) is 0 Å². The fraction of sp³-hybridized carbons (Fsp3) is 0.417. The Labute approximate surface area is 111 Å². The van der Waals surface area contributed by atoms with Gasteiger partial charge in [0.15, 0.2) is 0 Å². The molecule has 1 heterocycles. The molecule has 2 N–H and O–H groups in total. The topological polar surface area (TPSA) is 50.4 Å². The molecular weight excluding hydrogens is 259 g/mol. The standard InChI is InChI=1S/C12H15FN2O2.ClH/c1-8-11(14-5-6-17-8)12(16)15-10-4-2-3-9(13)7-10;/h2-4,7-8,11,14H,5-6H2,1H3,(H,15,16);1H/t8-,11+;/m1./s1. The SMILES string of the molecule is C[C@H]1OCCN[C@@H]1C(=O)Nc1cccc(F)c1.Cl. The first kappa shape index (κ1) is 14.9. The maximum Gasteiger partial charge on any atom is 0.244 e. The van der Waals surface area contributed by atoms with Gasteiger partial charge in [0.1, 0.15) is 11.9 Å². The molecule has 4 nitrogen and oxygen atoms in total. The van der Waals surface area contributed by atoms with Gasteiger partial charge < -0.3 is 15.4 Å². The number of hydrogen-bond acceptors (Lipinski definition) is 3. The third kappa shape index (κ3) is 3.66. The minimum absolute atomic E-state index is 0. The second-order valence-electron chi connectivity index (χ2n) is 4.01. The van der Waals surface area contributed by atoms with Crippen LogP contribution >= 0.6 is 12.4 Å². The molecule has 0 bridgehead atoms. The number of carbonyl (C=O) groups excluding carboxylic acids is 1. The Kier molecular flexibility index (Phi) is 5.53. The van der Waals surface area contributed by atoms with E-state index in [4.69, 9.17) is 4.74 Å². The predicted molar refractivity (Wildman–Crippen MR) is 69.5 cm³/mol. The van der Waals surface area contributed by atoms with Gasteiger partial charge in [0.2, 0.25) is 5.91 Å². The van der Waals surface area contributed by atoms with E-state index in [1.54, 1.807) is 12.1 Å². The smallest absolute Gasteiger partial charge is 0.244 e. The van der Waals surface area contributed by atoms with Gasteiger partial charge in [-0.1, -0.05) is 6.07 Å². The molecule has 0 aliphatic carbocycles. The van der Waals surface area contributed by atoms with Gasteiger partial charge in [-0.05, 0) is 25.1 Å². The van der Waals surface area contributed by atoms with Crippen LogP contribution in [0.15, 0.2) is 24.3 Å². The number of rotatable bonds is 2. The summed E-state index contributed by atoms with van der Waals surface area (Å²) in [4.78, 5) is 11.9. The van der Waals surface area contributed by atoms with E-state index in [-0.39, 0.29) is 30.2 Å². The predicted octanol–water partition coefficient (Wildman–Crippen LogP) is 1.56. The van der Waals surface area contributed by atoms with Crippen LogP contribution in [0.2, 0.25) is 0 Å². The Morgan fingerprint density at radius 1 is 1.56 bits per heavy atom. The number of hydrogen-bond donors (Lipinski definition) is 2. The first-order valence-corrected chi connectivity index (χ1v) is 5.58. The lowest BCUT2D eigenvalue weighted by molar-refractivity contribution is -0.123. The molecular formula is C12H16ClFN2O2. The molecule has 0 aromatic heterocycles. The third-order valence-electron chi connectivity index (χ3n) is 2.69. The quantitative estimate of drug-likeness (QED) is 0.861. The second-order valence-corrected chi connectivity index (χ2v) is 4.01. The summed E-state index contributed by atoms with van der Waals surface area (Å²) in [5.41, 5.74) is 0.453. The van der Waals surface area contributed by atoms with E-state index in [0.29, 0.717) is 18.8 Å². The van der Waals surface area contributed by atoms with Gasteiger partial charge in [0.05, 0.1) is 12.7 Å². The van der Waals surface area contributed by atoms with Crippen molar-refractivity contribution >= 4 is 24.0 Å². The molecule has 0 radical (unpaired) electrons. The Morgan fingerprint density at radius 2 is 2.33 bits per heavy atom. The summed E-state index contributed by atoms with van der Waals surface area (Å²) in [6.07, 6.45) is -0.183. The number of ether oxygens (including phenoxy) is 1. The molecule has 2 rings (SSSR count). The lowest BCUT2D eigenvalue weighted by Crippen LogP contribution is -2.53. The molecule has 1 aliphatic heterocycles. The molecule has 1 aromatic carbocycles. The van der Waals surface area contributed by atoms with Crippen molar-refractivity contribution in [3.63, 3.8) is 0 Å². The van der Waals surface area contributed by atoms with E-state index in [1.165, 1.54) is 12.1 Å². The summed E-state index contributed by atoms with van der Waals surface area (Å²) < 4.78 is 18.3. The van der Waals surface area contributed by atoms with Gasteiger partial charge in [-0.3, -0.25) is 4.79 Å². The Morgan fingerprint density at radius 3 is 3.00 bits per heavy atom. The van der Waals surface area contributed by atoms with Crippen molar-refractivity contribution in [2.75, 3.05) is 18.5 Å². The number of nitrogens with one attached hydrogen (secondary N) is 2. The van der Waals surface area contributed by atoms with Gasteiger partial charge in [0, 0.05) is 12.2 Å². The average Bonchev–Trinajstić information content (AvgIpc) is 2.29. The zero-order valence-electron chi connectivity index (χ0n) is 9.98. The van der Waals surface area contributed by atoms with Gasteiger partial charge in [-0.25, -0.2) is 4.39 Å². The third-order valence-corrected chi connectivity index (χ3v) is 2.69. The Balaban J connectivity index is 0.00000162. The number of morpholine rings is 1. The van der Waals surface area contributed by atoms with Crippen LogP contribution in [0.25, 0.3) is 0 Å². The summed E-state index contributed by atoms with van der Waals surface area (Å²) in [6.45, 7) is 3.08. The fourth-order valence-electron chi connectivity index (χ4n) is 1.81. The summed E-state index contributed by atoms with van der Waals surface area (Å²) in [6, 6.07) is 5.42. The van der Waals surface area contributed by atoms with Crippen LogP contribution in [0.5, 0.6) is 0 Å². The van der Waals surface area contributed by atoms with Gasteiger partial charge in [-0.2, -0.15) is 0 Å². The largest absolute Gasteiger partial charge is 0.375 e. The molecule has 18 heavy (non-hydrogen) atoms. The van der Waals surface area contributed by atoms with Crippen LogP contribution in [-0.4, -0.2) is 31.2 Å². The Hall–Kier alpha value is -1.17. The number of carbonyl (C=O) groups is 1. The lowest BCUT2D eigenvalue weighted by Gasteiger charge is -2.29. The molecule has 100 valence electrons. The van der Waals surface area contributed by atoms with Crippen molar-refractivity contribution in [1.82, 2.24) is 5.32 Å². The van der Waals surface area contributed by atoms with E-state index < -0.39 is 6.04 Å². The van der Waals surface area contributed by atoms with E-state index >= 15 is 0 Å². The minimum Gasteiger partial charge on any atom is -0.375 e. The molecule has 6 heteroatoms. The molecule has 1 fully saturated rings. The van der Waals surface area contributed by atoms with Gasteiger partial charge >= 0.3 is 0 Å². The van der Waals surface area contributed by atoms with Crippen molar-refractivity contribution < 1.29 is 13.9 Å². The Bertz CT molecular complexity index is 417. The van der Waals surface area contributed by atoms with Crippen LogP contribution in [0, 0.1) is 5.82 Å². The number of anilines is 1. The van der Waals surface area contributed by atoms with Crippen LogP contribution in [0.4, 0.5) is 10.1 Å². The molecule has 0 unspecified atom stereocenters. The maximum atomic E-state index is 12.9. The molecule has 1 aliphatic rings. The maximum absolute atomic E-state index is 12.9. The number of benzene rings is 1. The zero-order valence-corrected chi connectivity index (χ0v) is 10.8. The highest BCUT2D eigenvalue weighted by atomic mass is 35.5. The monoisotopic (exact) mass is 274 g/mol. The van der Waals surface area contributed by atoms with Gasteiger partial charge in [0.25, 0.3) is 0 Å². The normalized spacial score (nSPS) is 23.0. The molecule has 2 atom stereocenters. The fourth-order valence-corrected chi connectivity index (χ4v) is 1.81. The first-order chi connectivity index (χ1) is 8.16. The summed E-state index contributed by atoms with van der Waals surface area (Å²) >= 11 is 0. The molecule has 1 saturated heterocycles. The average molecular weight is 275 g/mol. The summed E-state index contributed by atoms with van der Waals surface area (Å²) in [5.74, 6) is -0.577. The van der Waals surface area contributed by atoms with Crippen LogP contribution in [0.1, 0.15) is 6.92 Å². The zero-order chi connectivity index (χ0) is 12.3. The van der Waals surface area contributed by atoms with Crippen molar-refractivity contribution in [3.8, 4) is 0 Å². The van der Waals surface area contributed by atoms with Crippen molar-refractivity contribution in [1.29, 1.82) is 0 Å². The molecule has 0 saturated carbocycles. The summed E-state index contributed by atoms with van der Waals surface area (Å²) in [5, 5.41) is 5.73. The van der Waals surface area contributed by atoms with Crippen LogP contribution in [-0.2, 0) is 9.53 Å². The van der Waals surface area contributed by atoms with Crippen LogP contribution in [0.3, 0.4) is 0 Å². The van der Waals surface area contributed by atoms with Crippen molar-refractivity contribution in [3.05, 3.63) is 30.1 Å². The van der Waals surface area contributed by atoms with Crippen molar-refractivity contribution in [2.45, 2.75) is 19.1 Å². The lowest BCUT2D eigenvalue weighted by atomic mass is 10.1. The first-order valence-electron chi connectivity index (χ1n) is 5.58. The molecule has 0 spiro atoms. The number of halogens is 2. The van der Waals surface area contributed by atoms with E-state index in [2.05, 4.69) is 10.6 Å². The molecule has 1 aromatic rings. The summed E-state index contributed by atoms with van der Waals surface area (Å²) in [7, 11) is 0. The highest BCUT2D eigenvalue weighted by Gasteiger charge is 2.28. The highest BCUT2D eigenvalue weighted by molar-refractivity contribution is 5.95. The minimum atomic E-state index is -0.396. The number of amides is 1. The van der Waals surface area contributed by atoms with Gasteiger partial charge in [-0.15, -0.1) is 12.4 Å². The van der Waals surface area contributed by atoms with E-state index in [1.807, 2.05) is 6.92 Å². The second kappa shape index (κ2) is 6.68. The van der Waals surface area contributed by atoms with E-state index in [9.17, 15) is 9.18 Å².